The molecule has 1 heterocycles. The van der Waals surface area contributed by atoms with Crippen LogP contribution in [0, 0.1) is 10.1 Å². The Balaban J connectivity index is 2.00. The molecule has 0 spiro atoms. The van der Waals surface area contributed by atoms with Gasteiger partial charge in [0.15, 0.2) is 5.84 Å². The lowest BCUT2D eigenvalue weighted by atomic mass is 10.1. The van der Waals surface area contributed by atoms with Crippen molar-refractivity contribution in [3.8, 4) is 5.75 Å². The number of sulfonamides is 1. The summed E-state index contributed by atoms with van der Waals surface area (Å²) in [7, 11) is -3.96. The first-order chi connectivity index (χ1) is 15.8. The van der Waals surface area contributed by atoms with E-state index in [0.717, 1.165) is 18.3 Å². The number of rotatable bonds is 6. The van der Waals surface area contributed by atoms with Crippen LogP contribution < -0.4 is 5.32 Å². The van der Waals surface area contributed by atoms with Gasteiger partial charge in [-0.2, -0.15) is 13.5 Å². The number of non-ortho nitro benzene ring substituents is 1. The summed E-state index contributed by atoms with van der Waals surface area (Å²) in [6, 6.07) is 8.46. The molecule has 1 aliphatic rings. The van der Waals surface area contributed by atoms with Crippen molar-refractivity contribution in [3.63, 3.8) is 0 Å². The van der Waals surface area contributed by atoms with Gasteiger partial charge in [-0.15, -0.1) is 4.40 Å². The summed E-state index contributed by atoms with van der Waals surface area (Å²) in [5.74, 6) is -0.580. The van der Waals surface area contributed by atoms with Crippen LogP contribution >= 0.6 is 15.9 Å². The highest BCUT2D eigenvalue weighted by atomic mass is 79.9. The molecule has 0 aromatic heterocycles. The molecule has 2 aromatic carbocycles. The molecule has 180 valence electrons. The van der Waals surface area contributed by atoms with E-state index >= 15 is 0 Å². The van der Waals surface area contributed by atoms with Gasteiger partial charge in [-0.25, -0.2) is 5.01 Å². The molecule has 0 bridgehead atoms. The number of phenolic OH excluding ortho intramolecular Hbond substituents is 1. The first-order valence-corrected chi connectivity index (χ1v) is 12.3. The van der Waals surface area contributed by atoms with Crippen molar-refractivity contribution in [1.82, 2.24) is 10.3 Å². The summed E-state index contributed by atoms with van der Waals surface area (Å²) >= 11 is 3.07. The molecule has 0 unspecified atom stereocenters. The maximum Gasteiger partial charge on any atom is 0.285 e. The van der Waals surface area contributed by atoms with E-state index in [-0.39, 0.29) is 51.1 Å². The van der Waals surface area contributed by atoms with Crippen LogP contribution in [0.2, 0.25) is 0 Å². The van der Waals surface area contributed by atoms with Crippen molar-refractivity contribution in [2.75, 3.05) is 6.54 Å². The number of phenols is 1. The van der Waals surface area contributed by atoms with Crippen molar-refractivity contribution < 1.29 is 23.2 Å². The Labute approximate surface area is 204 Å². The zero-order valence-corrected chi connectivity index (χ0v) is 20.9. The molecular formula is C21H22BrN5O6S. The normalized spacial score (nSPS) is 14.5. The lowest BCUT2D eigenvalue weighted by Gasteiger charge is -2.22. The van der Waals surface area contributed by atoms with Gasteiger partial charge in [-0.05, 0) is 48.8 Å². The lowest BCUT2D eigenvalue weighted by Crippen LogP contribution is -2.42. The van der Waals surface area contributed by atoms with Gasteiger partial charge >= 0.3 is 0 Å². The average molecular weight is 552 g/mol. The number of nitrogens with zero attached hydrogens (tertiary/aromatic N) is 4. The summed E-state index contributed by atoms with van der Waals surface area (Å²) < 4.78 is 29.0. The van der Waals surface area contributed by atoms with E-state index in [9.17, 15) is 28.4 Å². The van der Waals surface area contributed by atoms with E-state index in [1.54, 1.807) is 18.2 Å². The third-order valence-corrected chi connectivity index (χ3v) is 6.48. The van der Waals surface area contributed by atoms with Crippen LogP contribution in [0.25, 0.3) is 0 Å². The molecule has 0 radical (unpaired) electrons. The Kier molecular flexibility index (Phi) is 7.07. The van der Waals surface area contributed by atoms with E-state index in [1.165, 1.54) is 11.1 Å². The number of carbonyl (C=O) groups excluding carboxylic acids is 1. The molecule has 34 heavy (non-hydrogen) atoms. The third kappa shape index (κ3) is 5.78. The van der Waals surface area contributed by atoms with Crippen molar-refractivity contribution in [1.29, 1.82) is 0 Å². The smallest absolute Gasteiger partial charge is 0.285 e. The average Bonchev–Trinajstić information content (AvgIpc) is 3.00. The summed E-state index contributed by atoms with van der Waals surface area (Å²) in [5.41, 5.74) is -0.429. The van der Waals surface area contributed by atoms with Gasteiger partial charge in [0.1, 0.15) is 10.6 Å². The number of hydrogen-bond acceptors (Lipinski definition) is 8. The van der Waals surface area contributed by atoms with Gasteiger partial charge in [0.25, 0.3) is 15.7 Å². The van der Waals surface area contributed by atoms with E-state index in [4.69, 9.17) is 0 Å². The zero-order chi connectivity index (χ0) is 25.3. The van der Waals surface area contributed by atoms with Crippen LogP contribution in [0.4, 0.5) is 5.69 Å². The van der Waals surface area contributed by atoms with Crippen LogP contribution in [0.15, 0.2) is 55.3 Å². The molecule has 1 amide bonds. The number of hydrazone groups is 1. The highest BCUT2D eigenvalue weighted by molar-refractivity contribution is 9.10. The molecule has 0 saturated carbocycles. The summed E-state index contributed by atoms with van der Waals surface area (Å²) in [5, 5.41) is 29.8. The predicted octanol–water partition coefficient (Wildman–Crippen LogP) is 3.15. The first-order valence-electron chi connectivity index (χ1n) is 10.0. The second-order valence-corrected chi connectivity index (χ2v) is 10.9. The number of halogens is 1. The Morgan fingerprint density at radius 1 is 1.32 bits per heavy atom. The van der Waals surface area contributed by atoms with Crippen LogP contribution in [0.5, 0.6) is 5.75 Å². The van der Waals surface area contributed by atoms with E-state index in [0.29, 0.717) is 5.56 Å². The quantitative estimate of drug-likeness (QED) is 0.317. The SMILES string of the molecule is CC(C)(C)NC(=O)CCN(/N=C\c1cc([N+](=O)[O-])cc(Br)c1O)C1=NS(=O)(=O)c2ccccc21. The van der Waals surface area contributed by atoms with Gasteiger partial charge in [0.05, 0.1) is 22.2 Å². The first kappa shape index (κ1) is 25.3. The summed E-state index contributed by atoms with van der Waals surface area (Å²) in [6.07, 6.45) is 1.10. The number of nitrogens with one attached hydrogen (secondary N) is 1. The molecule has 2 aromatic rings. The number of nitro groups is 1. The van der Waals surface area contributed by atoms with Crippen LogP contribution in [0.3, 0.4) is 0 Å². The standard InChI is InChI=1S/C21H22BrN5O6S/c1-21(2,3)24-18(28)8-9-26(20-15-6-4-5-7-17(15)34(32,33)25-20)23-12-13-10-14(27(30)31)11-16(22)19(13)29/h4-7,10-12,29H,8-9H2,1-3H3,(H,24,28)/b23-12-. The minimum atomic E-state index is -3.96. The molecule has 0 saturated heterocycles. The fourth-order valence-electron chi connectivity index (χ4n) is 3.12. The number of amides is 1. The van der Waals surface area contributed by atoms with Crippen molar-refractivity contribution in [2.24, 2.45) is 9.50 Å². The molecule has 0 aliphatic carbocycles. The molecule has 0 fully saturated rings. The van der Waals surface area contributed by atoms with Gasteiger partial charge in [-0.3, -0.25) is 14.9 Å². The largest absolute Gasteiger partial charge is 0.506 e. The molecule has 1 aliphatic heterocycles. The number of fused-ring (bicyclic) bond motifs is 1. The van der Waals surface area contributed by atoms with E-state index in [1.807, 2.05) is 20.8 Å². The van der Waals surface area contributed by atoms with Crippen molar-refractivity contribution >= 4 is 49.6 Å². The fraction of sp³-hybridized carbons (Fsp3) is 0.286. The summed E-state index contributed by atoms with van der Waals surface area (Å²) in [4.78, 5) is 22.9. The maximum atomic E-state index is 12.5. The molecule has 11 nitrogen and oxygen atoms in total. The second-order valence-electron chi connectivity index (χ2n) is 8.42. The van der Waals surface area contributed by atoms with Crippen LogP contribution in [-0.2, 0) is 14.8 Å². The topological polar surface area (TPSA) is 155 Å². The zero-order valence-electron chi connectivity index (χ0n) is 18.5. The molecule has 13 heteroatoms. The molecular weight excluding hydrogens is 530 g/mol. The van der Waals surface area contributed by atoms with Crippen molar-refractivity contribution in [3.05, 3.63) is 62.1 Å². The molecule has 0 atom stereocenters. The Morgan fingerprint density at radius 2 is 2.00 bits per heavy atom. The van der Waals surface area contributed by atoms with E-state index in [2.05, 4.69) is 30.7 Å². The Hall–Kier alpha value is -3.32. The van der Waals surface area contributed by atoms with Crippen LogP contribution in [-0.4, -0.2) is 53.5 Å². The van der Waals surface area contributed by atoms with Gasteiger partial charge in [0.2, 0.25) is 5.91 Å². The molecule has 2 N–H and O–H groups in total. The number of nitro benzene ring substituents is 1. The number of aromatic hydroxyl groups is 1. The number of carbonyl (C=O) groups is 1. The Morgan fingerprint density at radius 3 is 2.65 bits per heavy atom. The maximum absolute atomic E-state index is 12.5. The summed E-state index contributed by atoms with van der Waals surface area (Å²) in [6.45, 7) is 5.44. The Bertz CT molecular complexity index is 1320. The van der Waals surface area contributed by atoms with Crippen LogP contribution in [0.1, 0.15) is 38.3 Å². The second kappa shape index (κ2) is 9.50. The minimum absolute atomic E-state index is 0.000560. The van der Waals surface area contributed by atoms with Gasteiger partial charge < -0.3 is 10.4 Å². The number of hydrogen-bond donors (Lipinski definition) is 2. The highest BCUT2D eigenvalue weighted by Crippen LogP contribution is 2.32. The van der Waals surface area contributed by atoms with E-state index < -0.39 is 20.5 Å². The fourth-order valence-corrected chi connectivity index (χ4v) is 4.79. The van der Waals surface area contributed by atoms with Gasteiger partial charge in [0, 0.05) is 35.2 Å². The number of benzene rings is 2. The third-order valence-electron chi connectivity index (χ3n) is 4.55. The minimum Gasteiger partial charge on any atom is -0.506 e. The number of amidine groups is 1. The highest BCUT2D eigenvalue weighted by Gasteiger charge is 2.32. The van der Waals surface area contributed by atoms with Gasteiger partial charge in [-0.1, -0.05) is 12.1 Å². The lowest BCUT2D eigenvalue weighted by molar-refractivity contribution is -0.385. The van der Waals surface area contributed by atoms with Crippen molar-refractivity contribution in [2.45, 2.75) is 37.6 Å². The monoisotopic (exact) mass is 551 g/mol. The predicted molar refractivity (Wildman–Crippen MR) is 129 cm³/mol. The molecule has 3 rings (SSSR count).